The molecule has 0 bridgehead atoms. The van der Waals surface area contributed by atoms with Gasteiger partial charge < -0.3 is 15.3 Å². The maximum Gasteiger partial charge on any atom is 0.322 e. The van der Waals surface area contributed by atoms with Gasteiger partial charge in [0.25, 0.3) is 0 Å². The van der Waals surface area contributed by atoms with Gasteiger partial charge in [0.15, 0.2) is 5.82 Å². The van der Waals surface area contributed by atoms with Crippen LogP contribution in [0.4, 0.5) is 19.3 Å². The average Bonchev–Trinajstić information content (AvgIpc) is 3.24. The number of urea groups is 1. The van der Waals surface area contributed by atoms with Crippen LogP contribution in [0, 0.1) is 18.6 Å². The second kappa shape index (κ2) is 6.07. The molecular weight excluding hydrogens is 282 g/mol. The van der Waals surface area contributed by atoms with E-state index in [4.69, 9.17) is 5.11 Å². The van der Waals surface area contributed by atoms with Gasteiger partial charge in [-0.15, -0.1) is 0 Å². The number of nitrogens with zero attached hydrogens (tertiary/aromatic N) is 1. The molecule has 1 fully saturated rings. The van der Waals surface area contributed by atoms with Crippen LogP contribution in [-0.2, 0) is 4.79 Å². The minimum Gasteiger partial charge on any atom is -0.481 e. The first kappa shape index (κ1) is 15.2. The Bertz CT molecular complexity index is 574. The molecule has 2 rings (SSSR count). The fraction of sp³-hybridized carbons (Fsp3) is 0.429. The van der Waals surface area contributed by atoms with Crippen LogP contribution in [0.25, 0.3) is 0 Å². The number of aryl methyl sites for hydroxylation is 1. The SMILES string of the molecule is Cc1ccc(F)c(NC(=O)N(CCC(=O)O)C2CC2)c1F. The van der Waals surface area contributed by atoms with Gasteiger partial charge in [-0.05, 0) is 31.4 Å². The third-order valence-corrected chi connectivity index (χ3v) is 3.33. The van der Waals surface area contributed by atoms with Gasteiger partial charge in [0, 0.05) is 12.6 Å². The number of benzene rings is 1. The van der Waals surface area contributed by atoms with Crippen molar-refractivity contribution >= 4 is 17.7 Å². The number of aliphatic carboxylic acids is 1. The lowest BCUT2D eigenvalue weighted by molar-refractivity contribution is -0.137. The van der Waals surface area contributed by atoms with Gasteiger partial charge >= 0.3 is 12.0 Å². The zero-order chi connectivity index (χ0) is 15.6. The molecule has 114 valence electrons. The lowest BCUT2D eigenvalue weighted by atomic mass is 10.2. The molecule has 2 N–H and O–H groups in total. The van der Waals surface area contributed by atoms with Crippen LogP contribution < -0.4 is 5.32 Å². The number of nitrogens with one attached hydrogen (secondary N) is 1. The molecule has 1 aromatic rings. The van der Waals surface area contributed by atoms with Crippen molar-refractivity contribution in [2.24, 2.45) is 0 Å². The van der Waals surface area contributed by atoms with Crippen molar-refractivity contribution in [1.82, 2.24) is 4.90 Å². The molecule has 7 heteroatoms. The second-order valence-corrected chi connectivity index (χ2v) is 5.05. The summed E-state index contributed by atoms with van der Waals surface area (Å²) in [6.07, 6.45) is 1.33. The Morgan fingerprint density at radius 1 is 1.38 bits per heavy atom. The zero-order valence-corrected chi connectivity index (χ0v) is 11.5. The second-order valence-electron chi connectivity index (χ2n) is 5.05. The van der Waals surface area contributed by atoms with Gasteiger partial charge in [0.2, 0.25) is 0 Å². The monoisotopic (exact) mass is 298 g/mol. The molecule has 1 aliphatic carbocycles. The van der Waals surface area contributed by atoms with E-state index in [1.165, 1.54) is 17.9 Å². The lowest BCUT2D eigenvalue weighted by Crippen LogP contribution is -2.38. The predicted molar refractivity (Wildman–Crippen MR) is 72.1 cm³/mol. The van der Waals surface area contributed by atoms with E-state index in [0.717, 1.165) is 18.9 Å². The van der Waals surface area contributed by atoms with E-state index in [-0.39, 0.29) is 24.6 Å². The van der Waals surface area contributed by atoms with E-state index in [2.05, 4.69) is 5.32 Å². The standard InChI is InChI=1S/C14H16F2N2O3/c1-8-2-5-10(15)13(12(8)16)17-14(21)18(9-3-4-9)7-6-11(19)20/h2,5,9H,3-4,6-7H2,1H3,(H,17,21)(H,19,20). The molecule has 0 aromatic heterocycles. The van der Waals surface area contributed by atoms with E-state index in [1.807, 2.05) is 0 Å². The van der Waals surface area contributed by atoms with Crippen molar-refractivity contribution in [3.63, 3.8) is 0 Å². The summed E-state index contributed by atoms with van der Waals surface area (Å²) in [5, 5.41) is 10.9. The molecular formula is C14H16F2N2O3. The molecule has 0 unspecified atom stereocenters. The van der Waals surface area contributed by atoms with Crippen LogP contribution in [0.3, 0.4) is 0 Å². The Morgan fingerprint density at radius 2 is 2.05 bits per heavy atom. The number of amides is 2. The largest absolute Gasteiger partial charge is 0.481 e. The van der Waals surface area contributed by atoms with Crippen molar-refractivity contribution in [2.75, 3.05) is 11.9 Å². The van der Waals surface area contributed by atoms with E-state index < -0.39 is 29.3 Å². The fourth-order valence-electron chi connectivity index (χ4n) is 2.00. The molecule has 21 heavy (non-hydrogen) atoms. The van der Waals surface area contributed by atoms with E-state index in [9.17, 15) is 18.4 Å². The molecule has 0 aliphatic heterocycles. The maximum absolute atomic E-state index is 13.8. The van der Waals surface area contributed by atoms with Crippen LogP contribution in [0.1, 0.15) is 24.8 Å². The molecule has 1 aromatic carbocycles. The zero-order valence-electron chi connectivity index (χ0n) is 11.5. The Hall–Kier alpha value is -2.18. The third kappa shape index (κ3) is 3.68. The van der Waals surface area contributed by atoms with Crippen molar-refractivity contribution < 1.29 is 23.5 Å². The van der Waals surface area contributed by atoms with Gasteiger partial charge in [-0.1, -0.05) is 6.07 Å². The highest BCUT2D eigenvalue weighted by Crippen LogP contribution is 2.28. The first-order chi connectivity index (χ1) is 9.90. The van der Waals surface area contributed by atoms with Crippen molar-refractivity contribution in [3.8, 4) is 0 Å². The van der Waals surface area contributed by atoms with Crippen LogP contribution in [0.2, 0.25) is 0 Å². The Morgan fingerprint density at radius 3 is 2.62 bits per heavy atom. The number of halogens is 2. The number of hydrogen-bond donors (Lipinski definition) is 2. The molecule has 0 spiro atoms. The Kier molecular flexibility index (Phi) is 4.40. The molecule has 0 atom stereocenters. The minimum absolute atomic E-state index is 0.0148. The molecule has 0 heterocycles. The number of carbonyl (C=O) groups is 2. The molecule has 1 saturated carbocycles. The quantitative estimate of drug-likeness (QED) is 0.878. The number of hydrogen-bond acceptors (Lipinski definition) is 2. The first-order valence-electron chi connectivity index (χ1n) is 6.64. The van der Waals surface area contributed by atoms with Gasteiger partial charge in [0.05, 0.1) is 6.42 Å². The lowest BCUT2D eigenvalue weighted by Gasteiger charge is -2.22. The normalized spacial score (nSPS) is 13.9. The smallest absolute Gasteiger partial charge is 0.322 e. The summed E-state index contributed by atoms with van der Waals surface area (Å²) in [5.41, 5.74) is -0.281. The first-order valence-corrected chi connectivity index (χ1v) is 6.64. The molecule has 5 nitrogen and oxygen atoms in total. The number of carboxylic acids is 1. The molecule has 1 aliphatic rings. The minimum atomic E-state index is -1.03. The highest BCUT2D eigenvalue weighted by atomic mass is 19.1. The Balaban J connectivity index is 2.12. The van der Waals surface area contributed by atoms with Crippen molar-refractivity contribution in [3.05, 3.63) is 29.3 Å². The van der Waals surface area contributed by atoms with Crippen LogP contribution in [-0.4, -0.2) is 34.6 Å². The van der Waals surface area contributed by atoms with Gasteiger partial charge in [-0.3, -0.25) is 4.79 Å². The van der Waals surface area contributed by atoms with Gasteiger partial charge in [-0.2, -0.15) is 0 Å². The number of carboxylic acid groups (broad SMARTS) is 1. The Labute approximate surface area is 120 Å². The highest BCUT2D eigenvalue weighted by Gasteiger charge is 2.33. The van der Waals surface area contributed by atoms with Crippen molar-refractivity contribution in [2.45, 2.75) is 32.2 Å². The van der Waals surface area contributed by atoms with E-state index in [1.54, 1.807) is 0 Å². The molecule has 2 amide bonds. The van der Waals surface area contributed by atoms with Gasteiger partial charge in [0.1, 0.15) is 11.5 Å². The molecule has 0 radical (unpaired) electrons. The van der Waals surface area contributed by atoms with Crippen LogP contribution in [0.15, 0.2) is 12.1 Å². The number of rotatable bonds is 5. The van der Waals surface area contributed by atoms with Crippen LogP contribution in [0.5, 0.6) is 0 Å². The average molecular weight is 298 g/mol. The van der Waals surface area contributed by atoms with Crippen LogP contribution >= 0.6 is 0 Å². The molecule has 0 saturated heterocycles. The summed E-state index contributed by atoms with van der Waals surface area (Å²) in [7, 11) is 0. The fourth-order valence-corrected chi connectivity index (χ4v) is 2.00. The highest BCUT2D eigenvalue weighted by molar-refractivity contribution is 5.90. The van der Waals surface area contributed by atoms with E-state index >= 15 is 0 Å². The van der Waals surface area contributed by atoms with Gasteiger partial charge in [-0.25, -0.2) is 13.6 Å². The summed E-state index contributed by atoms with van der Waals surface area (Å²) in [5.74, 6) is -2.71. The number of carbonyl (C=O) groups excluding carboxylic acids is 1. The summed E-state index contributed by atoms with van der Waals surface area (Å²) >= 11 is 0. The predicted octanol–water partition coefficient (Wildman–Crippen LogP) is 2.74. The topological polar surface area (TPSA) is 69.6 Å². The maximum atomic E-state index is 13.8. The summed E-state index contributed by atoms with van der Waals surface area (Å²) in [6.45, 7) is 1.48. The van der Waals surface area contributed by atoms with Crippen molar-refractivity contribution in [1.29, 1.82) is 0 Å². The van der Waals surface area contributed by atoms with E-state index in [0.29, 0.717) is 0 Å². The number of anilines is 1. The summed E-state index contributed by atoms with van der Waals surface area (Å²) in [4.78, 5) is 24.0. The summed E-state index contributed by atoms with van der Waals surface area (Å²) < 4.78 is 27.5. The third-order valence-electron chi connectivity index (χ3n) is 3.33. The summed E-state index contributed by atoms with van der Waals surface area (Å²) in [6, 6.07) is 1.62.